The first-order valence-corrected chi connectivity index (χ1v) is 7.03. The van der Waals surface area contributed by atoms with Crippen molar-refractivity contribution in [3.8, 4) is 0 Å². The second-order valence-corrected chi connectivity index (χ2v) is 5.41. The minimum atomic E-state index is 0.159. The largest absolute Gasteiger partial charge is 0.324 e. The molecule has 1 heteroatoms. The van der Waals surface area contributed by atoms with Gasteiger partial charge in [0.05, 0.1) is 0 Å². The van der Waals surface area contributed by atoms with E-state index in [9.17, 15) is 0 Å². The van der Waals surface area contributed by atoms with Gasteiger partial charge in [0.15, 0.2) is 0 Å². The number of hydrogen-bond donors (Lipinski definition) is 1. The zero-order chi connectivity index (χ0) is 13.7. The summed E-state index contributed by atoms with van der Waals surface area (Å²) >= 11 is 0. The normalized spacial score (nSPS) is 12.4. The molecule has 2 N–H and O–H groups in total. The molecule has 100 valence electrons. The van der Waals surface area contributed by atoms with Crippen LogP contribution >= 0.6 is 0 Å². The first-order valence-electron chi connectivity index (χ1n) is 7.03. The molecule has 1 unspecified atom stereocenters. The third-order valence-corrected chi connectivity index (χ3v) is 3.49. The van der Waals surface area contributed by atoms with Crippen molar-refractivity contribution < 1.29 is 0 Å². The Morgan fingerprint density at radius 3 is 2.21 bits per heavy atom. The molecule has 0 fully saturated rings. The number of benzene rings is 2. The van der Waals surface area contributed by atoms with E-state index in [-0.39, 0.29) is 6.04 Å². The molecule has 0 amide bonds. The molecule has 19 heavy (non-hydrogen) atoms. The summed E-state index contributed by atoms with van der Waals surface area (Å²) in [5, 5.41) is 0. The van der Waals surface area contributed by atoms with Crippen molar-refractivity contribution in [2.24, 2.45) is 5.73 Å². The molecular weight excluding hydrogens is 230 g/mol. The standard InChI is InChI=1S/C18H23N/c1-14-11-15(2)13-16(12-14)7-6-10-18(19)17-8-4-3-5-9-17/h3-5,8-9,11-13,18H,6-7,10,19H2,1-2H3. The van der Waals surface area contributed by atoms with Crippen LogP contribution in [0.15, 0.2) is 48.5 Å². The van der Waals surface area contributed by atoms with E-state index in [4.69, 9.17) is 5.73 Å². The summed E-state index contributed by atoms with van der Waals surface area (Å²) in [6.45, 7) is 4.32. The SMILES string of the molecule is Cc1cc(C)cc(CCCC(N)c2ccccc2)c1. The highest BCUT2D eigenvalue weighted by Crippen LogP contribution is 2.18. The molecule has 0 saturated heterocycles. The monoisotopic (exact) mass is 253 g/mol. The fraction of sp³-hybridized carbons (Fsp3) is 0.333. The van der Waals surface area contributed by atoms with Crippen LogP contribution in [0.5, 0.6) is 0 Å². The van der Waals surface area contributed by atoms with E-state index < -0.39 is 0 Å². The Labute approximate surface area is 116 Å². The third kappa shape index (κ3) is 4.22. The average Bonchev–Trinajstić information content (AvgIpc) is 2.38. The fourth-order valence-corrected chi connectivity index (χ4v) is 2.61. The molecule has 0 radical (unpaired) electrons. The molecule has 0 aliphatic heterocycles. The van der Waals surface area contributed by atoms with Gasteiger partial charge in [0.2, 0.25) is 0 Å². The van der Waals surface area contributed by atoms with Gasteiger partial charge in [0.25, 0.3) is 0 Å². The maximum Gasteiger partial charge on any atom is 0.0294 e. The second kappa shape index (κ2) is 6.53. The van der Waals surface area contributed by atoms with Gasteiger partial charge in [-0.05, 0) is 44.2 Å². The molecule has 0 bridgehead atoms. The summed E-state index contributed by atoms with van der Waals surface area (Å²) in [4.78, 5) is 0. The summed E-state index contributed by atoms with van der Waals surface area (Å²) in [7, 11) is 0. The van der Waals surface area contributed by atoms with Crippen LogP contribution in [0.2, 0.25) is 0 Å². The molecule has 0 aromatic heterocycles. The number of hydrogen-bond acceptors (Lipinski definition) is 1. The van der Waals surface area contributed by atoms with Gasteiger partial charge in [-0.1, -0.05) is 59.7 Å². The molecule has 2 aromatic carbocycles. The van der Waals surface area contributed by atoms with Crippen LogP contribution in [-0.2, 0) is 6.42 Å². The van der Waals surface area contributed by atoms with E-state index in [0.717, 1.165) is 19.3 Å². The van der Waals surface area contributed by atoms with Crippen molar-refractivity contribution in [3.05, 3.63) is 70.8 Å². The highest BCUT2D eigenvalue weighted by molar-refractivity contribution is 5.28. The van der Waals surface area contributed by atoms with Crippen LogP contribution in [-0.4, -0.2) is 0 Å². The van der Waals surface area contributed by atoms with Crippen molar-refractivity contribution in [3.63, 3.8) is 0 Å². The van der Waals surface area contributed by atoms with E-state index >= 15 is 0 Å². The number of nitrogens with two attached hydrogens (primary N) is 1. The van der Waals surface area contributed by atoms with Crippen molar-refractivity contribution in [1.29, 1.82) is 0 Å². The predicted molar refractivity (Wildman–Crippen MR) is 82.2 cm³/mol. The summed E-state index contributed by atoms with van der Waals surface area (Å²) in [6, 6.07) is 17.3. The summed E-state index contributed by atoms with van der Waals surface area (Å²) < 4.78 is 0. The van der Waals surface area contributed by atoms with Gasteiger partial charge >= 0.3 is 0 Å². The van der Waals surface area contributed by atoms with Gasteiger partial charge in [0.1, 0.15) is 0 Å². The Morgan fingerprint density at radius 1 is 0.947 bits per heavy atom. The highest BCUT2D eigenvalue weighted by atomic mass is 14.6. The fourth-order valence-electron chi connectivity index (χ4n) is 2.61. The van der Waals surface area contributed by atoms with Gasteiger partial charge in [-0.25, -0.2) is 0 Å². The molecule has 0 spiro atoms. The summed E-state index contributed by atoms with van der Waals surface area (Å²) in [5.74, 6) is 0. The molecule has 0 saturated carbocycles. The van der Waals surface area contributed by atoms with Crippen molar-refractivity contribution in [2.75, 3.05) is 0 Å². The Morgan fingerprint density at radius 2 is 1.58 bits per heavy atom. The number of aryl methyl sites for hydroxylation is 3. The Kier molecular flexibility index (Phi) is 4.75. The van der Waals surface area contributed by atoms with Crippen LogP contribution in [0.4, 0.5) is 0 Å². The Bertz CT molecular complexity index is 496. The van der Waals surface area contributed by atoms with E-state index in [1.807, 2.05) is 6.07 Å². The molecular formula is C18H23N. The van der Waals surface area contributed by atoms with Crippen molar-refractivity contribution in [1.82, 2.24) is 0 Å². The van der Waals surface area contributed by atoms with Crippen LogP contribution in [0.3, 0.4) is 0 Å². The van der Waals surface area contributed by atoms with Crippen LogP contribution in [0, 0.1) is 13.8 Å². The summed E-state index contributed by atoms with van der Waals surface area (Å²) in [5.41, 5.74) is 11.6. The van der Waals surface area contributed by atoms with E-state index in [1.54, 1.807) is 0 Å². The Balaban J connectivity index is 1.86. The zero-order valence-electron chi connectivity index (χ0n) is 11.9. The van der Waals surface area contributed by atoms with Crippen LogP contribution < -0.4 is 5.73 Å². The van der Waals surface area contributed by atoms with Crippen LogP contribution in [0.1, 0.15) is 41.1 Å². The first kappa shape index (κ1) is 13.8. The zero-order valence-corrected chi connectivity index (χ0v) is 11.9. The molecule has 2 aromatic rings. The average molecular weight is 253 g/mol. The van der Waals surface area contributed by atoms with E-state index in [1.165, 1.54) is 22.3 Å². The Hall–Kier alpha value is -1.60. The smallest absolute Gasteiger partial charge is 0.0294 e. The second-order valence-electron chi connectivity index (χ2n) is 5.41. The summed E-state index contributed by atoms with van der Waals surface area (Å²) in [6.07, 6.45) is 3.29. The molecule has 0 aliphatic carbocycles. The maximum atomic E-state index is 6.22. The predicted octanol–water partition coefficient (Wildman–Crippen LogP) is 4.33. The molecule has 0 aliphatic rings. The molecule has 0 heterocycles. The molecule has 1 nitrogen and oxygen atoms in total. The van der Waals surface area contributed by atoms with Gasteiger partial charge in [0, 0.05) is 6.04 Å². The lowest BCUT2D eigenvalue weighted by Crippen LogP contribution is -2.10. The van der Waals surface area contributed by atoms with Gasteiger partial charge in [-0.15, -0.1) is 0 Å². The molecule has 1 atom stereocenters. The quantitative estimate of drug-likeness (QED) is 0.843. The lowest BCUT2D eigenvalue weighted by atomic mass is 9.98. The third-order valence-electron chi connectivity index (χ3n) is 3.49. The molecule has 2 rings (SSSR count). The minimum absolute atomic E-state index is 0.159. The highest BCUT2D eigenvalue weighted by Gasteiger charge is 2.05. The van der Waals surface area contributed by atoms with Gasteiger partial charge in [-0.3, -0.25) is 0 Å². The minimum Gasteiger partial charge on any atom is -0.324 e. The lowest BCUT2D eigenvalue weighted by Gasteiger charge is -2.12. The van der Waals surface area contributed by atoms with E-state index in [0.29, 0.717) is 0 Å². The first-order chi connectivity index (χ1) is 9.15. The topological polar surface area (TPSA) is 26.0 Å². The van der Waals surface area contributed by atoms with Gasteiger partial charge in [-0.2, -0.15) is 0 Å². The van der Waals surface area contributed by atoms with Crippen molar-refractivity contribution in [2.45, 2.75) is 39.2 Å². The maximum absolute atomic E-state index is 6.22. The lowest BCUT2D eigenvalue weighted by molar-refractivity contribution is 0.611. The van der Waals surface area contributed by atoms with Crippen LogP contribution in [0.25, 0.3) is 0 Å². The number of rotatable bonds is 5. The van der Waals surface area contributed by atoms with E-state index in [2.05, 4.69) is 56.3 Å². The van der Waals surface area contributed by atoms with Crippen molar-refractivity contribution >= 4 is 0 Å². The van der Waals surface area contributed by atoms with Gasteiger partial charge < -0.3 is 5.73 Å².